The van der Waals surface area contributed by atoms with Crippen molar-refractivity contribution < 1.29 is 9.90 Å². The van der Waals surface area contributed by atoms with Crippen LogP contribution in [0.5, 0.6) is 0 Å². The van der Waals surface area contributed by atoms with Crippen LogP contribution in [-0.2, 0) is 6.54 Å². The monoisotopic (exact) mass is 264 g/mol. The van der Waals surface area contributed by atoms with Crippen LogP contribution in [0.3, 0.4) is 0 Å². The zero-order valence-electron chi connectivity index (χ0n) is 11.7. The molecule has 1 N–H and O–H groups in total. The molecule has 4 nitrogen and oxygen atoms in total. The van der Waals surface area contributed by atoms with Crippen LogP contribution < -0.4 is 0 Å². The first kappa shape index (κ1) is 14.1. The number of rotatable bonds is 5. The average Bonchev–Trinajstić information content (AvgIpc) is 2.87. The Morgan fingerprint density at radius 2 is 2.37 bits per heavy atom. The molecular formula is C15H24N2O2. The van der Waals surface area contributed by atoms with E-state index >= 15 is 0 Å². The third kappa shape index (κ3) is 3.38. The maximum atomic E-state index is 12.5. The first-order valence-electron chi connectivity index (χ1n) is 7.31. The highest BCUT2D eigenvalue weighted by Crippen LogP contribution is 2.21. The Morgan fingerprint density at radius 3 is 3.11 bits per heavy atom. The zero-order chi connectivity index (χ0) is 13.7. The highest BCUT2D eigenvalue weighted by molar-refractivity contribution is 5.92. The molecule has 1 fully saturated rings. The van der Waals surface area contributed by atoms with Crippen molar-refractivity contribution in [2.75, 3.05) is 19.7 Å². The molecule has 1 aliphatic heterocycles. The van der Waals surface area contributed by atoms with E-state index in [4.69, 9.17) is 5.11 Å². The van der Waals surface area contributed by atoms with Gasteiger partial charge in [-0.05, 0) is 43.7 Å². The zero-order valence-corrected chi connectivity index (χ0v) is 11.7. The van der Waals surface area contributed by atoms with Gasteiger partial charge in [0.05, 0.1) is 0 Å². The van der Waals surface area contributed by atoms with Gasteiger partial charge < -0.3 is 14.6 Å². The number of carbonyl (C=O) groups is 1. The smallest absolute Gasteiger partial charge is 0.270 e. The standard InChI is InChI=1S/C15H24N2O2/c1-2-8-16-9-4-6-14(16)15(19)17-10-3-5-13(12-17)7-11-18/h4,6,9,13,18H,2-3,5,7-8,10-12H2,1H3. The van der Waals surface area contributed by atoms with E-state index in [0.29, 0.717) is 5.92 Å². The van der Waals surface area contributed by atoms with Crippen LogP contribution in [0.4, 0.5) is 0 Å². The summed E-state index contributed by atoms with van der Waals surface area (Å²) in [7, 11) is 0. The number of aryl methyl sites for hydroxylation is 1. The summed E-state index contributed by atoms with van der Waals surface area (Å²) in [6, 6.07) is 3.85. The molecule has 2 rings (SSSR count). The molecule has 1 saturated heterocycles. The molecule has 0 saturated carbocycles. The lowest BCUT2D eigenvalue weighted by Crippen LogP contribution is -2.40. The van der Waals surface area contributed by atoms with Gasteiger partial charge in [-0.1, -0.05) is 6.92 Å². The van der Waals surface area contributed by atoms with Gasteiger partial charge in [0.2, 0.25) is 0 Å². The number of hydrogen-bond donors (Lipinski definition) is 1. The van der Waals surface area contributed by atoms with Crippen LogP contribution >= 0.6 is 0 Å². The number of aromatic nitrogens is 1. The van der Waals surface area contributed by atoms with Crippen LogP contribution in [-0.4, -0.2) is 40.2 Å². The molecule has 4 heteroatoms. The normalized spacial score (nSPS) is 19.7. The molecule has 0 bridgehead atoms. The quantitative estimate of drug-likeness (QED) is 0.885. The fraction of sp³-hybridized carbons (Fsp3) is 0.667. The molecule has 1 unspecified atom stereocenters. The number of carbonyl (C=O) groups excluding carboxylic acids is 1. The van der Waals surface area contributed by atoms with Crippen molar-refractivity contribution in [3.63, 3.8) is 0 Å². The lowest BCUT2D eigenvalue weighted by Gasteiger charge is -2.32. The second-order valence-corrected chi connectivity index (χ2v) is 5.36. The molecule has 0 radical (unpaired) electrons. The van der Waals surface area contributed by atoms with Crippen molar-refractivity contribution >= 4 is 5.91 Å². The van der Waals surface area contributed by atoms with Crippen LogP contribution in [0.1, 0.15) is 43.1 Å². The molecule has 1 amide bonds. The molecule has 0 aromatic carbocycles. The lowest BCUT2D eigenvalue weighted by molar-refractivity contribution is 0.0642. The predicted molar refractivity (Wildman–Crippen MR) is 75.1 cm³/mol. The van der Waals surface area contributed by atoms with Gasteiger partial charge in [0.25, 0.3) is 5.91 Å². The number of amides is 1. The first-order chi connectivity index (χ1) is 9.26. The Hall–Kier alpha value is -1.29. The van der Waals surface area contributed by atoms with E-state index in [1.807, 2.05) is 27.8 Å². The maximum Gasteiger partial charge on any atom is 0.270 e. The van der Waals surface area contributed by atoms with Gasteiger partial charge in [-0.25, -0.2) is 0 Å². The second kappa shape index (κ2) is 6.75. The van der Waals surface area contributed by atoms with E-state index in [1.165, 1.54) is 0 Å². The highest BCUT2D eigenvalue weighted by Gasteiger charge is 2.25. The molecule has 1 aromatic rings. The summed E-state index contributed by atoms with van der Waals surface area (Å²) in [5.74, 6) is 0.596. The average molecular weight is 264 g/mol. The summed E-state index contributed by atoms with van der Waals surface area (Å²) >= 11 is 0. The highest BCUT2D eigenvalue weighted by atomic mass is 16.3. The van der Waals surface area contributed by atoms with Crippen LogP contribution in [0, 0.1) is 5.92 Å². The second-order valence-electron chi connectivity index (χ2n) is 5.36. The van der Waals surface area contributed by atoms with Crippen LogP contribution in [0.25, 0.3) is 0 Å². The van der Waals surface area contributed by atoms with E-state index in [1.54, 1.807) is 0 Å². The van der Waals surface area contributed by atoms with Crippen molar-refractivity contribution in [1.29, 1.82) is 0 Å². The van der Waals surface area contributed by atoms with E-state index in [0.717, 1.165) is 51.0 Å². The fourth-order valence-corrected chi connectivity index (χ4v) is 2.87. The number of aliphatic hydroxyl groups excluding tert-OH is 1. The Bertz CT molecular complexity index is 412. The summed E-state index contributed by atoms with van der Waals surface area (Å²) in [5, 5.41) is 9.03. The Kier molecular flexibility index (Phi) is 5.02. The maximum absolute atomic E-state index is 12.5. The molecule has 1 aromatic heterocycles. The molecule has 0 spiro atoms. The minimum absolute atomic E-state index is 0.140. The largest absolute Gasteiger partial charge is 0.396 e. The molecule has 106 valence electrons. The van der Waals surface area contributed by atoms with E-state index in [2.05, 4.69) is 6.92 Å². The topological polar surface area (TPSA) is 45.5 Å². The minimum atomic E-state index is 0.140. The van der Waals surface area contributed by atoms with Crippen molar-refractivity contribution in [2.45, 2.75) is 39.2 Å². The number of aliphatic hydroxyl groups is 1. The van der Waals surface area contributed by atoms with Gasteiger partial charge in [0, 0.05) is 32.4 Å². The van der Waals surface area contributed by atoms with E-state index in [-0.39, 0.29) is 12.5 Å². The predicted octanol–water partition coefficient (Wildman–Crippen LogP) is 2.13. The molecule has 2 heterocycles. The van der Waals surface area contributed by atoms with Crippen LogP contribution in [0.2, 0.25) is 0 Å². The van der Waals surface area contributed by atoms with Gasteiger partial charge in [-0.2, -0.15) is 0 Å². The molecular weight excluding hydrogens is 240 g/mol. The fourth-order valence-electron chi connectivity index (χ4n) is 2.87. The number of hydrogen-bond acceptors (Lipinski definition) is 2. The minimum Gasteiger partial charge on any atom is -0.396 e. The first-order valence-corrected chi connectivity index (χ1v) is 7.31. The number of piperidine rings is 1. The molecule has 1 aliphatic rings. The van der Waals surface area contributed by atoms with Crippen molar-refractivity contribution in [1.82, 2.24) is 9.47 Å². The van der Waals surface area contributed by atoms with E-state index < -0.39 is 0 Å². The van der Waals surface area contributed by atoms with E-state index in [9.17, 15) is 4.79 Å². The Morgan fingerprint density at radius 1 is 1.53 bits per heavy atom. The SMILES string of the molecule is CCCn1cccc1C(=O)N1CCCC(CCO)C1. The summed E-state index contributed by atoms with van der Waals surface area (Å²) in [6.45, 7) is 4.86. The third-order valence-corrected chi connectivity index (χ3v) is 3.86. The summed E-state index contributed by atoms with van der Waals surface area (Å²) in [4.78, 5) is 14.5. The Balaban J connectivity index is 2.04. The molecule has 1 atom stereocenters. The van der Waals surface area contributed by atoms with Crippen LogP contribution in [0.15, 0.2) is 18.3 Å². The van der Waals surface area contributed by atoms with Gasteiger partial charge in [0.1, 0.15) is 5.69 Å². The van der Waals surface area contributed by atoms with Crippen molar-refractivity contribution in [3.05, 3.63) is 24.0 Å². The Labute approximate surface area is 115 Å². The van der Waals surface area contributed by atoms with Gasteiger partial charge in [-0.15, -0.1) is 0 Å². The number of likely N-dealkylation sites (tertiary alicyclic amines) is 1. The third-order valence-electron chi connectivity index (χ3n) is 3.86. The van der Waals surface area contributed by atoms with Gasteiger partial charge in [0.15, 0.2) is 0 Å². The summed E-state index contributed by atoms with van der Waals surface area (Å²) in [6.07, 6.45) is 5.99. The summed E-state index contributed by atoms with van der Waals surface area (Å²) < 4.78 is 2.04. The molecule has 0 aliphatic carbocycles. The van der Waals surface area contributed by atoms with Gasteiger partial charge >= 0.3 is 0 Å². The number of nitrogens with zero attached hydrogens (tertiary/aromatic N) is 2. The van der Waals surface area contributed by atoms with Crippen molar-refractivity contribution in [2.24, 2.45) is 5.92 Å². The van der Waals surface area contributed by atoms with Gasteiger partial charge in [-0.3, -0.25) is 4.79 Å². The van der Waals surface area contributed by atoms with Crippen molar-refractivity contribution in [3.8, 4) is 0 Å². The molecule has 19 heavy (non-hydrogen) atoms. The lowest BCUT2D eigenvalue weighted by atomic mass is 9.95. The summed E-state index contributed by atoms with van der Waals surface area (Å²) in [5.41, 5.74) is 0.798.